The number of hydrogen-bond acceptors (Lipinski definition) is 5. The van der Waals surface area contributed by atoms with Crippen LogP contribution in [0.25, 0.3) is 0 Å². The van der Waals surface area contributed by atoms with Gasteiger partial charge in [0.1, 0.15) is 5.82 Å². The molecule has 0 unspecified atom stereocenters. The van der Waals surface area contributed by atoms with Crippen LogP contribution in [0.15, 0.2) is 41.2 Å². The molecule has 7 nitrogen and oxygen atoms in total. The van der Waals surface area contributed by atoms with Crippen molar-refractivity contribution in [3.8, 4) is 0 Å². The molecule has 13 heteroatoms. The molecule has 2 heterocycles. The molecule has 3 rings (SSSR count). The molecule has 0 saturated heterocycles. The van der Waals surface area contributed by atoms with E-state index in [9.17, 15) is 26.3 Å². The molecule has 0 bridgehead atoms. The van der Waals surface area contributed by atoms with E-state index in [1.54, 1.807) is 32.3 Å². The number of alkyl halides is 6. The molecule has 2 aromatic heterocycles. The van der Waals surface area contributed by atoms with Gasteiger partial charge in [0.25, 0.3) is 0 Å². The van der Waals surface area contributed by atoms with Crippen molar-refractivity contribution in [1.82, 2.24) is 20.1 Å². The number of carbonyl (C=O) groups is 1. The standard InChI is InChI=1S/C17H17F3N4O.C2HF3O2/c1-16(2,11-4-3-5-12(10-11)17(18,19)20)15-23-14(25-24-15)7-6-13-21-8-9-22-13;3-2(4,5)1(6)7/h3-5,8-10H,6-7H2,1-2H3,(H,21,22);(H,6,7). The summed E-state index contributed by atoms with van der Waals surface area (Å²) in [5, 5.41) is 11.1. The summed E-state index contributed by atoms with van der Waals surface area (Å²) in [7, 11) is 0. The summed E-state index contributed by atoms with van der Waals surface area (Å²) in [6.45, 7) is 3.54. The normalized spacial score (nSPS) is 12.2. The average molecular weight is 464 g/mol. The maximum atomic E-state index is 12.9. The van der Waals surface area contributed by atoms with E-state index in [2.05, 4.69) is 20.1 Å². The van der Waals surface area contributed by atoms with Crippen molar-refractivity contribution >= 4 is 5.97 Å². The first-order valence-corrected chi connectivity index (χ1v) is 9.00. The van der Waals surface area contributed by atoms with Gasteiger partial charge in [-0.15, -0.1) is 0 Å². The third kappa shape index (κ3) is 6.56. The van der Waals surface area contributed by atoms with Crippen LogP contribution >= 0.6 is 0 Å². The molecule has 0 aliphatic carbocycles. The molecular weight excluding hydrogens is 446 g/mol. The van der Waals surface area contributed by atoms with Gasteiger partial charge in [-0.05, 0) is 25.5 Å². The zero-order valence-corrected chi connectivity index (χ0v) is 16.8. The van der Waals surface area contributed by atoms with Crippen molar-refractivity contribution in [3.63, 3.8) is 0 Å². The predicted molar refractivity (Wildman–Crippen MR) is 97.6 cm³/mol. The number of carboxylic acid groups (broad SMARTS) is 1. The highest BCUT2D eigenvalue weighted by molar-refractivity contribution is 5.73. The van der Waals surface area contributed by atoms with Crippen LogP contribution in [0.3, 0.4) is 0 Å². The Kier molecular flexibility index (Phi) is 7.31. The molecule has 3 aromatic rings. The molecule has 0 saturated carbocycles. The fourth-order valence-corrected chi connectivity index (χ4v) is 2.48. The summed E-state index contributed by atoms with van der Waals surface area (Å²) in [6, 6.07) is 5.19. The highest BCUT2D eigenvalue weighted by Crippen LogP contribution is 2.35. The fraction of sp³-hybridized carbons (Fsp3) is 0.368. The predicted octanol–water partition coefficient (Wildman–Crippen LogP) is 4.56. The van der Waals surface area contributed by atoms with Crippen molar-refractivity contribution in [2.24, 2.45) is 0 Å². The van der Waals surface area contributed by atoms with Crippen LogP contribution in [-0.4, -0.2) is 37.4 Å². The van der Waals surface area contributed by atoms with Crippen molar-refractivity contribution in [2.75, 3.05) is 0 Å². The average Bonchev–Trinajstić information content (AvgIpc) is 3.38. The zero-order valence-electron chi connectivity index (χ0n) is 16.8. The van der Waals surface area contributed by atoms with E-state index < -0.39 is 29.3 Å². The number of imidazole rings is 1. The highest BCUT2D eigenvalue weighted by atomic mass is 19.4. The number of benzene rings is 1. The molecule has 1 aromatic carbocycles. The Bertz CT molecular complexity index is 1030. The fourth-order valence-electron chi connectivity index (χ4n) is 2.48. The van der Waals surface area contributed by atoms with Crippen LogP contribution in [-0.2, 0) is 29.2 Å². The van der Waals surface area contributed by atoms with Crippen molar-refractivity contribution in [1.29, 1.82) is 0 Å². The number of halogens is 6. The molecule has 0 spiro atoms. The topological polar surface area (TPSA) is 105 Å². The van der Waals surface area contributed by atoms with Gasteiger partial charge in [0.2, 0.25) is 5.89 Å². The molecule has 0 amide bonds. The van der Waals surface area contributed by atoms with E-state index in [1.807, 2.05) is 0 Å². The van der Waals surface area contributed by atoms with Gasteiger partial charge < -0.3 is 14.6 Å². The number of aromatic amines is 1. The largest absolute Gasteiger partial charge is 0.490 e. The lowest BCUT2D eigenvalue weighted by atomic mass is 9.83. The van der Waals surface area contributed by atoms with E-state index >= 15 is 0 Å². The highest BCUT2D eigenvalue weighted by Gasteiger charge is 2.38. The third-order valence-electron chi connectivity index (χ3n) is 4.31. The van der Waals surface area contributed by atoms with Crippen LogP contribution < -0.4 is 0 Å². The summed E-state index contributed by atoms with van der Waals surface area (Å²) in [6.07, 6.45) is -4.98. The second-order valence-corrected chi connectivity index (χ2v) is 7.05. The van der Waals surface area contributed by atoms with Gasteiger partial charge in [0.15, 0.2) is 5.82 Å². The smallest absolute Gasteiger partial charge is 0.475 e. The number of nitrogens with zero attached hydrogens (tertiary/aromatic N) is 3. The molecule has 0 aliphatic rings. The Labute approximate surface area is 177 Å². The Morgan fingerprint density at radius 1 is 1.09 bits per heavy atom. The molecule has 32 heavy (non-hydrogen) atoms. The Hall–Kier alpha value is -3.38. The summed E-state index contributed by atoms with van der Waals surface area (Å²) >= 11 is 0. The number of H-pyrrole nitrogens is 1. The van der Waals surface area contributed by atoms with E-state index in [4.69, 9.17) is 14.4 Å². The summed E-state index contributed by atoms with van der Waals surface area (Å²) in [4.78, 5) is 20.3. The van der Waals surface area contributed by atoms with Crippen LogP contribution in [0.4, 0.5) is 26.3 Å². The maximum Gasteiger partial charge on any atom is 0.490 e. The van der Waals surface area contributed by atoms with Gasteiger partial charge in [0, 0.05) is 25.2 Å². The van der Waals surface area contributed by atoms with Crippen LogP contribution in [0.2, 0.25) is 0 Å². The third-order valence-corrected chi connectivity index (χ3v) is 4.31. The van der Waals surface area contributed by atoms with Gasteiger partial charge in [0.05, 0.1) is 11.0 Å². The van der Waals surface area contributed by atoms with E-state index in [1.165, 1.54) is 6.07 Å². The summed E-state index contributed by atoms with van der Waals surface area (Å²) < 4.78 is 75.8. The molecule has 174 valence electrons. The first-order chi connectivity index (χ1) is 14.7. The van der Waals surface area contributed by atoms with Gasteiger partial charge in [-0.3, -0.25) is 0 Å². The Balaban J connectivity index is 0.000000451. The summed E-state index contributed by atoms with van der Waals surface area (Å²) in [5.74, 6) is -1.18. The number of rotatable bonds is 5. The van der Waals surface area contributed by atoms with Crippen molar-refractivity contribution in [3.05, 3.63) is 65.3 Å². The Morgan fingerprint density at radius 3 is 2.25 bits per heavy atom. The Morgan fingerprint density at radius 2 is 1.72 bits per heavy atom. The lowest BCUT2D eigenvalue weighted by Crippen LogP contribution is -2.21. The van der Waals surface area contributed by atoms with Crippen LogP contribution in [0.5, 0.6) is 0 Å². The minimum absolute atomic E-state index is 0.348. The van der Waals surface area contributed by atoms with Crippen LogP contribution in [0, 0.1) is 0 Å². The van der Waals surface area contributed by atoms with Crippen molar-refractivity contribution < 1.29 is 40.8 Å². The second kappa shape index (κ2) is 9.40. The van der Waals surface area contributed by atoms with Gasteiger partial charge in [-0.1, -0.05) is 23.4 Å². The molecule has 2 N–H and O–H groups in total. The van der Waals surface area contributed by atoms with E-state index in [0.717, 1.165) is 18.0 Å². The number of hydrogen-bond donors (Lipinski definition) is 2. The number of aliphatic carboxylic acids is 1. The van der Waals surface area contributed by atoms with Gasteiger partial charge in [-0.2, -0.15) is 31.3 Å². The first kappa shape index (κ1) is 24.9. The lowest BCUT2D eigenvalue weighted by molar-refractivity contribution is -0.192. The number of aryl methyl sites for hydroxylation is 2. The van der Waals surface area contributed by atoms with Crippen molar-refractivity contribution in [2.45, 2.75) is 44.5 Å². The molecule has 0 atom stereocenters. The molecule has 0 radical (unpaired) electrons. The minimum atomic E-state index is -5.08. The van der Waals surface area contributed by atoms with Gasteiger partial charge in [-0.25, -0.2) is 9.78 Å². The number of nitrogens with one attached hydrogen (secondary N) is 1. The lowest BCUT2D eigenvalue weighted by Gasteiger charge is -2.22. The van der Waals surface area contributed by atoms with Gasteiger partial charge >= 0.3 is 18.3 Å². The second-order valence-electron chi connectivity index (χ2n) is 7.05. The van der Waals surface area contributed by atoms with E-state index in [0.29, 0.717) is 30.1 Å². The molecule has 0 fully saturated rings. The van der Waals surface area contributed by atoms with E-state index in [-0.39, 0.29) is 0 Å². The SMILES string of the molecule is CC(C)(c1cccc(C(F)(F)F)c1)c1noc(CCc2ncc[nH]2)n1.O=C(O)C(F)(F)F. The minimum Gasteiger partial charge on any atom is -0.475 e. The monoisotopic (exact) mass is 464 g/mol. The molecular formula is C19H18F6N4O3. The zero-order chi connectivity index (χ0) is 24.2. The number of carboxylic acids is 1. The van der Waals surface area contributed by atoms with Crippen LogP contribution in [0.1, 0.15) is 42.5 Å². The summed E-state index contributed by atoms with van der Waals surface area (Å²) in [5.41, 5.74) is -1.03. The first-order valence-electron chi connectivity index (χ1n) is 9.00. The quantitative estimate of drug-likeness (QED) is 0.537. The molecule has 0 aliphatic heterocycles. The maximum absolute atomic E-state index is 12.9. The number of aromatic nitrogens is 4.